The molecule has 0 atom stereocenters. The monoisotopic (exact) mass is 269 g/mol. The van der Waals surface area contributed by atoms with Crippen LogP contribution >= 0.6 is 12.0 Å². The number of aromatic amines is 1. The number of nitrogens with one attached hydrogen (secondary N) is 2. The van der Waals surface area contributed by atoms with Gasteiger partial charge in [0.1, 0.15) is 5.75 Å². The van der Waals surface area contributed by atoms with Crippen molar-refractivity contribution in [3.05, 3.63) is 12.1 Å². The first-order valence-electron chi connectivity index (χ1n) is 4.99. The number of ether oxygens (including phenoxy) is 1. The highest BCUT2D eigenvalue weighted by atomic mass is 32.2. The van der Waals surface area contributed by atoms with E-state index >= 15 is 0 Å². The van der Waals surface area contributed by atoms with Crippen molar-refractivity contribution < 1.29 is 19.2 Å². The van der Waals surface area contributed by atoms with E-state index < -0.39 is 0 Å². The normalized spacial score (nSPS) is 13.2. The van der Waals surface area contributed by atoms with Gasteiger partial charge in [-0.2, -0.15) is 0 Å². The predicted molar refractivity (Wildman–Crippen MR) is 66.8 cm³/mol. The number of aliphatic hydroxyl groups is 1. The smallest absolute Gasteiger partial charge is 0.262 e. The van der Waals surface area contributed by atoms with E-state index in [1.165, 1.54) is 0 Å². The number of benzene rings is 1. The van der Waals surface area contributed by atoms with Crippen LogP contribution in [0.2, 0.25) is 0 Å². The maximum Gasteiger partial charge on any atom is 0.262 e. The fourth-order valence-electron chi connectivity index (χ4n) is 1.60. The highest BCUT2D eigenvalue weighted by Crippen LogP contribution is 2.32. The summed E-state index contributed by atoms with van der Waals surface area (Å²) in [6.07, 6.45) is 0. The molecule has 0 fully saturated rings. The van der Waals surface area contributed by atoms with E-state index in [1.807, 2.05) is 0 Å². The van der Waals surface area contributed by atoms with Crippen LogP contribution in [-0.2, 0) is 4.79 Å². The van der Waals surface area contributed by atoms with Crippen molar-refractivity contribution in [1.82, 2.24) is 9.97 Å². The molecule has 18 heavy (non-hydrogen) atoms. The van der Waals surface area contributed by atoms with Gasteiger partial charge in [-0.3, -0.25) is 4.79 Å². The summed E-state index contributed by atoms with van der Waals surface area (Å²) < 4.78 is 14.1. The van der Waals surface area contributed by atoms with Gasteiger partial charge in [0.15, 0.2) is 11.8 Å². The summed E-state index contributed by atoms with van der Waals surface area (Å²) >= 11 is 0.543. The fraction of sp³-hybridized carbons (Fsp3) is 0.200. The lowest BCUT2D eigenvalue weighted by Gasteiger charge is -2.17. The van der Waals surface area contributed by atoms with Crippen LogP contribution in [-0.4, -0.2) is 39.3 Å². The van der Waals surface area contributed by atoms with Gasteiger partial charge in [-0.1, -0.05) is 0 Å². The summed E-state index contributed by atoms with van der Waals surface area (Å²) in [5.41, 5.74) is 2.04. The second-order valence-corrected chi connectivity index (χ2v) is 3.90. The van der Waals surface area contributed by atoms with Gasteiger partial charge in [0.25, 0.3) is 5.91 Å². The number of amides is 1. The van der Waals surface area contributed by atoms with Crippen molar-refractivity contribution in [3.8, 4) is 5.75 Å². The number of hydrogen-bond donors (Lipinski definition) is 4. The molecule has 1 aromatic heterocycles. The highest BCUT2D eigenvalue weighted by molar-refractivity contribution is 7.93. The minimum absolute atomic E-state index is 0.0184. The van der Waals surface area contributed by atoms with Crippen molar-refractivity contribution >= 4 is 34.7 Å². The van der Waals surface area contributed by atoms with E-state index in [-0.39, 0.29) is 12.5 Å². The number of aliphatic hydroxyl groups excluding tert-OH is 1. The number of carbonyl (C=O) groups is 1. The quantitative estimate of drug-likeness (QED) is 0.577. The second kappa shape index (κ2) is 5.25. The number of imidazole rings is 1. The number of aromatic nitrogens is 2. The number of hydrogen-bond acceptors (Lipinski definition) is 6. The number of fused-ring (bicyclic) bond motifs is 2. The summed E-state index contributed by atoms with van der Waals surface area (Å²) in [5, 5.41) is 10.1. The molecular formula is C10H11N3O4S. The first-order chi connectivity index (χ1) is 8.76. The lowest BCUT2D eigenvalue weighted by Crippen LogP contribution is -2.25. The Labute approximate surface area is 106 Å². The molecule has 1 aliphatic heterocycles. The van der Waals surface area contributed by atoms with Crippen molar-refractivity contribution in [3.63, 3.8) is 0 Å². The first-order valence-corrected chi connectivity index (χ1v) is 5.76. The molecule has 1 aliphatic rings. The van der Waals surface area contributed by atoms with E-state index in [0.29, 0.717) is 34.2 Å². The van der Waals surface area contributed by atoms with Gasteiger partial charge in [-0.05, 0) is 6.07 Å². The third kappa shape index (κ3) is 2.26. The van der Waals surface area contributed by atoms with Crippen LogP contribution in [0.1, 0.15) is 0 Å². The van der Waals surface area contributed by atoms with E-state index in [1.54, 1.807) is 12.1 Å². The maximum absolute atomic E-state index is 11.1. The van der Waals surface area contributed by atoms with Gasteiger partial charge >= 0.3 is 0 Å². The number of carbonyl (C=O) groups excluding carboxylic acids is 1. The van der Waals surface area contributed by atoms with E-state index in [4.69, 9.17) is 14.4 Å². The summed E-state index contributed by atoms with van der Waals surface area (Å²) in [5.74, 6) is 0.413. The molecule has 0 unspecified atom stereocenters. The topological polar surface area (TPSA) is 107 Å². The zero-order chi connectivity index (χ0) is 13.1. The molecule has 0 spiro atoms. The molecule has 2 aromatic rings. The molecule has 3 rings (SSSR count). The van der Waals surface area contributed by atoms with Crippen molar-refractivity contribution in [2.75, 3.05) is 19.0 Å². The SMILES string of the molecule is CO.O=C1COc2cc3nc(SO)[nH]c3cc2N1. The Balaban J connectivity index is 0.000000574. The van der Waals surface area contributed by atoms with Gasteiger partial charge in [0.05, 0.1) is 28.8 Å². The molecule has 0 saturated carbocycles. The van der Waals surface area contributed by atoms with Gasteiger partial charge in [-0.15, -0.1) is 0 Å². The molecule has 0 radical (unpaired) electrons. The second-order valence-electron chi connectivity index (χ2n) is 3.34. The third-order valence-corrected chi connectivity index (χ3v) is 2.65. The van der Waals surface area contributed by atoms with Crippen LogP contribution in [0.3, 0.4) is 0 Å². The first kappa shape index (κ1) is 12.7. The van der Waals surface area contributed by atoms with Crippen LogP contribution in [0.15, 0.2) is 17.3 Å². The molecule has 2 heterocycles. The van der Waals surface area contributed by atoms with Crippen LogP contribution in [0.5, 0.6) is 5.75 Å². The van der Waals surface area contributed by atoms with Crippen molar-refractivity contribution in [2.45, 2.75) is 5.16 Å². The van der Waals surface area contributed by atoms with Crippen LogP contribution in [0.25, 0.3) is 11.0 Å². The van der Waals surface area contributed by atoms with Gasteiger partial charge < -0.3 is 24.7 Å². The summed E-state index contributed by atoms with van der Waals surface area (Å²) in [6.45, 7) is 0.0184. The minimum Gasteiger partial charge on any atom is -0.481 e. The molecule has 7 nitrogen and oxygen atoms in total. The zero-order valence-corrected chi connectivity index (χ0v) is 10.2. The fourth-order valence-corrected chi connectivity index (χ4v) is 1.90. The van der Waals surface area contributed by atoms with E-state index in [9.17, 15) is 4.79 Å². The standard InChI is InChI=1S/C9H7N3O3S.CH4O/c13-8-3-15-7-2-5-4(1-6(7)10-8)11-9(12-5)16-14;1-2/h1-2,14H,3H2,(H,10,13)(H,11,12);2H,1H3. The highest BCUT2D eigenvalue weighted by Gasteiger charge is 2.17. The molecule has 1 amide bonds. The Morgan fingerprint density at radius 3 is 2.94 bits per heavy atom. The summed E-state index contributed by atoms with van der Waals surface area (Å²) in [4.78, 5) is 18.1. The average molecular weight is 269 g/mol. The zero-order valence-electron chi connectivity index (χ0n) is 9.43. The Hall–Kier alpha value is -1.77. The largest absolute Gasteiger partial charge is 0.481 e. The molecule has 96 valence electrons. The molecule has 8 heteroatoms. The number of nitrogens with zero attached hydrogens (tertiary/aromatic N) is 1. The Bertz CT molecular complexity index is 584. The molecular weight excluding hydrogens is 258 g/mol. The maximum atomic E-state index is 11.1. The Morgan fingerprint density at radius 2 is 2.22 bits per heavy atom. The van der Waals surface area contributed by atoms with Crippen molar-refractivity contribution in [2.24, 2.45) is 0 Å². The Morgan fingerprint density at radius 1 is 1.44 bits per heavy atom. The Kier molecular flexibility index (Phi) is 3.70. The molecule has 0 aliphatic carbocycles. The van der Waals surface area contributed by atoms with Gasteiger partial charge in [0, 0.05) is 13.2 Å². The van der Waals surface area contributed by atoms with Crippen LogP contribution < -0.4 is 10.1 Å². The third-order valence-electron chi connectivity index (χ3n) is 2.28. The average Bonchev–Trinajstić information content (AvgIpc) is 2.80. The number of rotatable bonds is 1. The molecule has 1 aromatic carbocycles. The molecule has 4 N–H and O–H groups in total. The summed E-state index contributed by atoms with van der Waals surface area (Å²) in [7, 11) is 1.00. The molecule has 0 saturated heterocycles. The van der Waals surface area contributed by atoms with E-state index in [0.717, 1.165) is 12.6 Å². The van der Waals surface area contributed by atoms with Crippen molar-refractivity contribution in [1.29, 1.82) is 0 Å². The van der Waals surface area contributed by atoms with Crippen LogP contribution in [0, 0.1) is 0 Å². The van der Waals surface area contributed by atoms with Crippen LogP contribution in [0.4, 0.5) is 5.69 Å². The molecule has 0 bridgehead atoms. The number of H-pyrrole nitrogens is 1. The van der Waals surface area contributed by atoms with Gasteiger partial charge in [0.2, 0.25) is 0 Å². The lowest BCUT2D eigenvalue weighted by molar-refractivity contribution is -0.118. The number of anilines is 1. The van der Waals surface area contributed by atoms with E-state index in [2.05, 4.69) is 15.3 Å². The lowest BCUT2D eigenvalue weighted by atomic mass is 10.2. The predicted octanol–water partition coefficient (Wildman–Crippen LogP) is 1.07. The van der Waals surface area contributed by atoms with Gasteiger partial charge in [-0.25, -0.2) is 4.98 Å². The summed E-state index contributed by atoms with van der Waals surface area (Å²) in [6, 6.07) is 3.45. The minimum atomic E-state index is -0.178.